The first-order valence-corrected chi connectivity index (χ1v) is 8.07. The zero-order chi connectivity index (χ0) is 14.8. The van der Waals surface area contributed by atoms with E-state index in [1.165, 1.54) is 0 Å². The van der Waals surface area contributed by atoms with E-state index in [9.17, 15) is 26.4 Å². The molecule has 4 saturated carbocycles. The van der Waals surface area contributed by atoms with Gasteiger partial charge in [0, 0.05) is 0 Å². The van der Waals surface area contributed by atoms with Gasteiger partial charge in [0.25, 0.3) is 0 Å². The van der Waals surface area contributed by atoms with Crippen molar-refractivity contribution >= 4 is 16.1 Å². The molecule has 20 heavy (non-hydrogen) atoms. The van der Waals surface area contributed by atoms with Crippen molar-refractivity contribution in [2.24, 2.45) is 23.2 Å². The normalized spacial score (nSPS) is 39.9. The Morgan fingerprint density at radius 1 is 1.00 bits per heavy atom. The average Bonchev–Trinajstić information content (AvgIpc) is 2.24. The minimum absolute atomic E-state index is 0.322. The molecule has 0 aromatic heterocycles. The molecule has 114 valence electrons. The van der Waals surface area contributed by atoms with E-state index < -0.39 is 27.0 Å². The fourth-order valence-electron chi connectivity index (χ4n) is 4.60. The van der Waals surface area contributed by atoms with Gasteiger partial charge < -0.3 is 4.18 Å². The van der Waals surface area contributed by atoms with Gasteiger partial charge in [-0.1, -0.05) is 0 Å². The lowest BCUT2D eigenvalue weighted by Crippen LogP contribution is -2.51. The van der Waals surface area contributed by atoms with Crippen LogP contribution in [0.15, 0.2) is 0 Å². The fourth-order valence-corrected chi connectivity index (χ4v) is 5.07. The zero-order valence-electron chi connectivity index (χ0n) is 10.6. The van der Waals surface area contributed by atoms with Crippen molar-refractivity contribution in [3.8, 4) is 0 Å². The molecular weight excluding hydrogens is 297 g/mol. The highest BCUT2D eigenvalue weighted by Gasteiger charge is 2.58. The van der Waals surface area contributed by atoms with E-state index in [-0.39, 0.29) is 0 Å². The molecule has 4 nitrogen and oxygen atoms in total. The maximum absolute atomic E-state index is 12.3. The summed E-state index contributed by atoms with van der Waals surface area (Å²) in [6, 6.07) is 0. The quantitative estimate of drug-likeness (QED) is 0.581. The number of hydrogen-bond donors (Lipinski definition) is 0. The Balaban J connectivity index is 1.81. The zero-order valence-corrected chi connectivity index (χ0v) is 11.5. The molecule has 0 amide bonds. The molecule has 4 aliphatic carbocycles. The fraction of sp³-hybridized carbons (Fsp3) is 0.917. The third kappa shape index (κ3) is 2.12. The Hall–Kier alpha value is -0.790. The summed E-state index contributed by atoms with van der Waals surface area (Å²) in [5.74, 6) is -0.235. The molecule has 0 unspecified atom stereocenters. The molecule has 4 aliphatic rings. The smallest absolute Gasteiger partial charge is 0.339 e. The van der Waals surface area contributed by atoms with E-state index in [1.807, 2.05) is 0 Å². The molecule has 0 radical (unpaired) electrons. The first-order chi connectivity index (χ1) is 9.11. The van der Waals surface area contributed by atoms with Crippen molar-refractivity contribution in [1.82, 2.24) is 0 Å². The van der Waals surface area contributed by atoms with Crippen molar-refractivity contribution in [1.29, 1.82) is 0 Å². The third-order valence-electron chi connectivity index (χ3n) is 4.94. The van der Waals surface area contributed by atoms with Crippen LogP contribution in [0.25, 0.3) is 0 Å². The molecule has 0 N–H and O–H groups in total. The monoisotopic (exact) mass is 312 g/mol. The summed E-state index contributed by atoms with van der Waals surface area (Å²) in [6.45, 7) is 0. The van der Waals surface area contributed by atoms with E-state index in [2.05, 4.69) is 4.18 Å². The van der Waals surface area contributed by atoms with Crippen LogP contribution in [0.4, 0.5) is 13.2 Å². The lowest BCUT2D eigenvalue weighted by atomic mass is 9.49. The molecule has 8 heteroatoms. The Labute approximate surface area is 114 Å². The number of alkyl halides is 3. The summed E-state index contributed by atoms with van der Waals surface area (Å²) < 4.78 is 62.8. The molecule has 0 aromatic rings. The number of halogens is 3. The van der Waals surface area contributed by atoms with Gasteiger partial charge in [-0.25, -0.2) is 0 Å². The maximum Gasteiger partial charge on any atom is 0.534 e. The topological polar surface area (TPSA) is 60.4 Å². The first kappa shape index (κ1) is 14.2. The Kier molecular flexibility index (Phi) is 2.91. The molecule has 0 atom stereocenters. The molecule has 0 heterocycles. The summed E-state index contributed by atoms with van der Waals surface area (Å²) in [7, 11) is -5.84. The number of carbonyl (C=O) groups is 1. The van der Waals surface area contributed by atoms with Crippen LogP contribution >= 0.6 is 0 Å². The molecule has 4 rings (SSSR count). The van der Waals surface area contributed by atoms with Crippen molar-refractivity contribution in [3.05, 3.63) is 0 Å². The summed E-state index contributed by atoms with van der Waals surface area (Å²) >= 11 is 0. The van der Waals surface area contributed by atoms with Crippen LogP contribution in [0.5, 0.6) is 0 Å². The second-order valence-corrected chi connectivity index (χ2v) is 8.01. The predicted octanol–water partition coefficient (Wildman–Crippen LogP) is 2.60. The summed E-state index contributed by atoms with van der Waals surface area (Å²) in [6.07, 6.45) is 4.39. The van der Waals surface area contributed by atoms with Crippen LogP contribution in [0.3, 0.4) is 0 Å². The van der Waals surface area contributed by atoms with E-state index in [4.69, 9.17) is 0 Å². The van der Waals surface area contributed by atoms with Gasteiger partial charge in [0.05, 0.1) is 5.41 Å². The third-order valence-corrected chi connectivity index (χ3v) is 5.88. The Morgan fingerprint density at radius 3 is 1.75 bits per heavy atom. The molecule has 0 aromatic carbocycles. The van der Waals surface area contributed by atoms with Gasteiger partial charge in [-0.3, -0.25) is 4.79 Å². The largest absolute Gasteiger partial charge is 0.534 e. The molecule has 0 saturated heterocycles. The average molecular weight is 312 g/mol. The van der Waals surface area contributed by atoms with Crippen LogP contribution < -0.4 is 0 Å². The molecule has 0 aliphatic heterocycles. The second-order valence-electron chi connectivity index (χ2n) is 6.47. The number of carbonyl (C=O) groups excluding carboxylic acids is 1. The lowest BCUT2D eigenvalue weighted by Gasteiger charge is -2.54. The first-order valence-electron chi connectivity index (χ1n) is 6.66. The van der Waals surface area contributed by atoms with Crippen LogP contribution in [0, 0.1) is 23.2 Å². The summed E-state index contributed by atoms with van der Waals surface area (Å²) in [5.41, 5.74) is -6.56. The number of hydrogen-bond acceptors (Lipinski definition) is 4. The molecule has 4 bridgehead atoms. The minimum Gasteiger partial charge on any atom is -0.339 e. The van der Waals surface area contributed by atoms with E-state index in [1.54, 1.807) is 0 Å². The highest BCUT2D eigenvalue weighted by Crippen LogP contribution is 2.60. The van der Waals surface area contributed by atoms with Crippen molar-refractivity contribution < 1.29 is 30.6 Å². The van der Waals surface area contributed by atoms with Crippen LogP contribution in [-0.2, 0) is 19.1 Å². The molecule has 0 spiro atoms. The van der Waals surface area contributed by atoms with Crippen LogP contribution in [0.1, 0.15) is 38.5 Å². The van der Waals surface area contributed by atoms with Gasteiger partial charge >= 0.3 is 21.6 Å². The van der Waals surface area contributed by atoms with Gasteiger partial charge in [0.2, 0.25) is 0 Å². The summed E-state index contributed by atoms with van der Waals surface area (Å²) in [5, 5.41) is 0. The molecular formula is C12H15F3O4S. The van der Waals surface area contributed by atoms with Crippen molar-refractivity contribution in [3.63, 3.8) is 0 Å². The summed E-state index contributed by atoms with van der Waals surface area (Å²) in [4.78, 5) is 12.1. The predicted molar refractivity (Wildman–Crippen MR) is 61.7 cm³/mol. The second kappa shape index (κ2) is 4.11. The van der Waals surface area contributed by atoms with E-state index in [0.29, 0.717) is 37.0 Å². The van der Waals surface area contributed by atoms with E-state index >= 15 is 0 Å². The van der Waals surface area contributed by atoms with Crippen LogP contribution in [0.2, 0.25) is 0 Å². The van der Waals surface area contributed by atoms with Gasteiger partial charge in [-0.05, 0) is 56.3 Å². The number of rotatable bonds is 2. The van der Waals surface area contributed by atoms with Crippen molar-refractivity contribution in [2.75, 3.05) is 0 Å². The van der Waals surface area contributed by atoms with Gasteiger partial charge in [-0.15, -0.1) is 0 Å². The lowest BCUT2D eigenvalue weighted by molar-refractivity contribution is -0.163. The van der Waals surface area contributed by atoms with E-state index in [0.717, 1.165) is 19.3 Å². The SMILES string of the molecule is O=C(OS(=O)(=O)C(F)(F)F)C12CC3CC(CC(C3)C1)C2. The van der Waals surface area contributed by atoms with Crippen molar-refractivity contribution in [2.45, 2.75) is 44.0 Å². The maximum atomic E-state index is 12.3. The highest BCUT2D eigenvalue weighted by atomic mass is 32.2. The Bertz CT molecular complexity index is 502. The van der Waals surface area contributed by atoms with Gasteiger partial charge in [0.15, 0.2) is 0 Å². The minimum atomic E-state index is -5.84. The van der Waals surface area contributed by atoms with Gasteiger partial charge in [-0.2, -0.15) is 21.6 Å². The standard InChI is InChI=1S/C12H15F3O4S/c13-12(14,15)20(17,18)19-10(16)11-4-7-1-8(5-11)3-9(2-7)6-11/h7-9H,1-6H2. The Morgan fingerprint density at radius 2 is 1.40 bits per heavy atom. The highest BCUT2D eigenvalue weighted by molar-refractivity contribution is 7.88. The molecule has 4 fully saturated rings. The van der Waals surface area contributed by atoms with Gasteiger partial charge in [0.1, 0.15) is 0 Å². The van der Waals surface area contributed by atoms with Crippen LogP contribution in [-0.4, -0.2) is 19.9 Å².